The second kappa shape index (κ2) is 8.93. The molecule has 3 aromatic rings. The Labute approximate surface area is 192 Å². The number of alkyl halides is 3. The molecule has 0 bridgehead atoms. The van der Waals surface area contributed by atoms with Crippen molar-refractivity contribution >= 4 is 28.0 Å². The van der Waals surface area contributed by atoms with E-state index in [9.17, 15) is 28.1 Å². The number of nitro groups is 1. The summed E-state index contributed by atoms with van der Waals surface area (Å²) in [5, 5.41) is 21.5. The van der Waals surface area contributed by atoms with E-state index in [1.165, 1.54) is 0 Å². The number of H-pyrrole nitrogens is 1. The van der Waals surface area contributed by atoms with Gasteiger partial charge in [-0.1, -0.05) is 0 Å². The van der Waals surface area contributed by atoms with Crippen molar-refractivity contribution in [2.45, 2.75) is 19.1 Å². The quantitative estimate of drug-likeness (QED) is 0.426. The van der Waals surface area contributed by atoms with Gasteiger partial charge in [0.1, 0.15) is 0 Å². The maximum absolute atomic E-state index is 13.3. The minimum atomic E-state index is -4.74. The first-order valence-corrected chi connectivity index (χ1v) is 10.6. The van der Waals surface area contributed by atoms with E-state index >= 15 is 0 Å². The molecule has 34 heavy (non-hydrogen) atoms. The van der Waals surface area contributed by atoms with Gasteiger partial charge >= 0.3 is 6.18 Å². The minimum Gasteiger partial charge on any atom is -0.369 e. The zero-order valence-corrected chi connectivity index (χ0v) is 18.5. The van der Waals surface area contributed by atoms with Crippen LogP contribution in [0.5, 0.6) is 0 Å². The predicted octanol–water partition coefficient (Wildman–Crippen LogP) is 3.78. The molecule has 2 heterocycles. The predicted molar refractivity (Wildman–Crippen MR) is 122 cm³/mol. The zero-order valence-electron chi connectivity index (χ0n) is 18.5. The molecular formula is C22H23F3N6O3. The SMILES string of the molecule is CC(Nc1n[nH]c(=O)c2ccc(N3CCN(C)CC3)cc12)c1cc([N+](=O)[O-])cc(C(F)(F)F)c1. The van der Waals surface area contributed by atoms with Crippen LogP contribution < -0.4 is 15.8 Å². The highest BCUT2D eigenvalue weighted by molar-refractivity contribution is 5.93. The molecular weight excluding hydrogens is 453 g/mol. The number of hydrogen-bond acceptors (Lipinski definition) is 7. The lowest BCUT2D eigenvalue weighted by molar-refractivity contribution is -0.385. The number of rotatable bonds is 5. The van der Waals surface area contributed by atoms with Gasteiger partial charge in [-0.3, -0.25) is 14.9 Å². The van der Waals surface area contributed by atoms with E-state index in [2.05, 4.69) is 25.3 Å². The average molecular weight is 476 g/mol. The van der Waals surface area contributed by atoms with E-state index in [0.29, 0.717) is 16.8 Å². The summed E-state index contributed by atoms with van der Waals surface area (Å²) in [6.07, 6.45) is -4.74. The summed E-state index contributed by atoms with van der Waals surface area (Å²) in [6, 6.07) is 7.07. The smallest absolute Gasteiger partial charge is 0.369 e. The first-order valence-electron chi connectivity index (χ1n) is 10.6. The lowest BCUT2D eigenvalue weighted by Gasteiger charge is -2.34. The van der Waals surface area contributed by atoms with Crippen LogP contribution in [0.15, 0.2) is 41.2 Å². The number of piperazine rings is 1. The van der Waals surface area contributed by atoms with Gasteiger partial charge in [0.15, 0.2) is 5.82 Å². The van der Waals surface area contributed by atoms with Crippen LogP contribution in [0.1, 0.15) is 24.1 Å². The van der Waals surface area contributed by atoms with Gasteiger partial charge in [-0.25, -0.2) is 5.10 Å². The highest BCUT2D eigenvalue weighted by Gasteiger charge is 2.33. The van der Waals surface area contributed by atoms with Gasteiger partial charge in [0.2, 0.25) is 0 Å². The molecule has 2 aromatic carbocycles. The molecule has 0 amide bonds. The Morgan fingerprint density at radius 1 is 1.12 bits per heavy atom. The molecule has 2 N–H and O–H groups in total. The Balaban J connectivity index is 1.71. The Bertz CT molecular complexity index is 1290. The van der Waals surface area contributed by atoms with Crippen LogP contribution in [0.3, 0.4) is 0 Å². The summed E-state index contributed by atoms with van der Waals surface area (Å²) in [5.74, 6) is 0.262. The van der Waals surface area contributed by atoms with Gasteiger partial charge in [-0.05, 0) is 43.8 Å². The molecule has 1 saturated heterocycles. The first-order chi connectivity index (χ1) is 16.0. The standard InChI is InChI=1S/C22H23F3N6O3/c1-13(14-9-15(22(23,24)25)11-17(10-14)31(33)34)26-20-19-12-16(30-7-5-29(2)6-8-30)3-4-18(19)21(32)28-27-20/h3-4,9-13H,5-8H2,1-2H3,(H,26,27)(H,28,32). The minimum absolute atomic E-state index is 0.0675. The molecule has 180 valence electrons. The van der Waals surface area contributed by atoms with Gasteiger partial charge in [0, 0.05) is 49.4 Å². The molecule has 1 aliphatic heterocycles. The second-order valence-corrected chi connectivity index (χ2v) is 8.36. The van der Waals surface area contributed by atoms with Crippen molar-refractivity contribution in [3.63, 3.8) is 0 Å². The van der Waals surface area contributed by atoms with E-state index in [-0.39, 0.29) is 11.4 Å². The van der Waals surface area contributed by atoms with Crippen molar-refractivity contribution in [1.29, 1.82) is 0 Å². The molecule has 4 rings (SSSR count). The second-order valence-electron chi connectivity index (χ2n) is 8.36. The molecule has 1 unspecified atom stereocenters. The molecule has 0 spiro atoms. The molecule has 9 nitrogen and oxygen atoms in total. The number of nitro benzene ring substituents is 1. The number of aromatic nitrogens is 2. The lowest BCUT2D eigenvalue weighted by atomic mass is 10.0. The highest BCUT2D eigenvalue weighted by Crippen LogP contribution is 2.35. The number of likely N-dealkylation sites (N-methyl/N-ethyl adjacent to an activating group) is 1. The van der Waals surface area contributed by atoms with Gasteiger partial charge in [0.05, 0.1) is 21.9 Å². The number of hydrogen-bond donors (Lipinski definition) is 2. The summed E-state index contributed by atoms with van der Waals surface area (Å²) in [6.45, 7) is 4.98. The normalized spacial score (nSPS) is 16.0. The van der Waals surface area contributed by atoms with E-state index in [0.717, 1.165) is 44.0 Å². The summed E-state index contributed by atoms with van der Waals surface area (Å²) in [5.41, 5.74) is -1.19. The number of nitrogens with one attached hydrogen (secondary N) is 2. The van der Waals surface area contributed by atoms with Crippen LogP contribution in [0, 0.1) is 10.1 Å². The van der Waals surface area contributed by atoms with Crippen LogP contribution in [-0.2, 0) is 6.18 Å². The molecule has 12 heteroatoms. The van der Waals surface area contributed by atoms with Crippen molar-refractivity contribution in [2.75, 3.05) is 43.4 Å². The summed E-state index contributed by atoms with van der Waals surface area (Å²) >= 11 is 0. The third kappa shape index (κ3) is 4.81. The number of non-ortho nitro benzene ring substituents is 1. The lowest BCUT2D eigenvalue weighted by Crippen LogP contribution is -2.44. The molecule has 1 aliphatic rings. The van der Waals surface area contributed by atoms with Gasteiger partial charge in [0.25, 0.3) is 11.2 Å². The van der Waals surface area contributed by atoms with Gasteiger partial charge in [-0.2, -0.15) is 18.3 Å². The molecule has 1 aromatic heterocycles. The maximum Gasteiger partial charge on any atom is 0.416 e. The van der Waals surface area contributed by atoms with Crippen molar-refractivity contribution in [1.82, 2.24) is 15.1 Å². The van der Waals surface area contributed by atoms with Crippen LogP contribution in [0.2, 0.25) is 0 Å². The first kappa shape index (κ1) is 23.5. The largest absolute Gasteiger partial charge is 0.416 e. The summed E-state index contributed by atoms with van der Waals surface area (Å²) in [4.78, 5) is 27.1. The van der Waals surface area contributed by atoms with Crippen molar-refractivity contribution in [3.05, 3.63) is 68.0 Å². The molecule has 0 radical (unpaired) electrons. The van der Waals surface area contributed by atoms with E-state index < -0.39 is 34.0 Å². The Hall–Kier alpha value is -3.67. The summed E-state index contributed by atoms with van der Waals surface area (Å²) < 4.78 is 39.9. The number of anilines is 2. The zero-order chi connectivity index (χ0) is 24.6. The average Bonchev–Trinajstić information content (AvgIpc) is 2.80. The Morgan fingerprint density at radius 3 is 2.47 bits per heavy atom. The molecule has 0 saturated carbocycles. The van der Waals surface area contributed by atoms with Crippen LogP contribution in [0.4, 0.5) is 30.4 Å². The van der Waals surface area contributed by atoms with Crippen molar-refractivity contribution < 1.29 is 18.1 Å². The Morgan fingerprint density at radius 2 is 1.82 bits per heavy atom. The van der Waals surface area contributed by atoms with Crippen LogP contribution >= 0.6 is 0 Å². The van der Waals surface area contributed by atoms with Gasteiger partial charge in [-0.15, -0.1) is 0 Å². The molecule has 0 aliphatic carbocycles. The maximum atomic E-state index is 13.3. The topological polar surface area (TPSA) is 107 Å². The fraction of sp³-hybridized carbons (Fsp3) is 0.364. The molecule has 1 fully saturated rings. The fourth-order valence-corrected chi connectivity index (χ4v) is 3.97. The summed E-state index contributed by atoms with van der Waals surface area (Å²) in [7, 11) is 2.04. The Kier molecular flexibility index (Phi) is 6.17. The highest BCUT2D eigenvalue weighted by atomic mass is 19.4. The third-order valence-corrected chi connectivity index (χ3v) is 5.97. The number of fused-ring (bicyclic) bond motifs is 1. The fourth-order valence-electron chi connectivity index (χ4n) is 3.97. The van der Waals surface area contributed by atoms with Crippen molar-refractivity contribution in [2.24, 2.45) is 0 Å². The number of nitrogens with zero attached hydrogens (tertiary/aromatic N) is 4. The number of benzene rings is 2. The van der Waals surface area contributed by atoms with E-state index in [1.54, 1.807) is 13.0 Å². The van der Waals surface area contributed by atoms with Gasteiger partial charge < -0.3 is 15.1 Å². The third-order valence-electron chi connectivity index (χ3n) is 5.97. The number of aromatic amines is 1. The number of halogens is 3. The van der Waals surface area contributed by atoms with Crippen LogP contribution in [0.25, 0.3) is 10.8 Å². The molecule has 1 atom stereocenters. The van der Waals surface area contributed by atoms with E-state index in [4.69, 9.17) is 0 Å². The monoisotopic (exact) mass is 476 g/mol. The van der Waals surface area contributed by atoms with Crippen LogP contribution in [-0.4, -0.2) is 53.2 Å². The van der Waals surface area contributed by atoms with E-state index in [1.807, 2.05) is 19.2 Å². The van der Waals surface area contributed by atoms with Crippen molar-refractivity contribution in [3.8, 4) is 0 Å².